The smallest absolute Gasteiger partial charge is 0.368 e. The number of aromatic nitrogens is 2. The molecule has 0 bridgehead atoms. The molecule has 0 N–H and O–H groups in total. The molecule has 2 aromatic heterocycles. The Bertz CT molecular complexity index is 1180. The van der Waals surface area contributed by atoms with Crippen molar-refractivity contribution in [1.29, 1.82) is 0 Å². The Balaban J connectivity index is 1.41. The first-order valence-electron chi connectivity index (χ1n) is 10.1. The van der Waals surface area contributed by atoms with E-state index in [-0.39, 0.29) is 18.0 Å². The molecule has 0 saturated carbocycles. The normalized spacial score (nSPS) is 14.6. The van der Waals surface area contributed by atoms with Crippen LogP contribution >= 0.6 is 11.3 Å². The number of hydrogen-bond donors (Lipinski definition) is 0. The van der Waals surface area contributed by atoms with Crippen LogP contribution in [0.15, 0.2) is 53.3 Å². The predicted molar refractivity (Wildman–Crippen MR) is 117 cm³/mol. The fraction of sp³-hybridized carbons (Fsp3) is 0.318. The highest BCUT2D eigenvalue weighted by Gasteiger charge is 2.31. The van der Waals surface area contributed by atoms with Crippen molar-refractivity contribution in [3.63, 3.8) is 0 Å². The van der Waals surface area contributed by atoms with Gasteiger partial charge in [0.15, 0.2) is 0 Å². The second-order valence-corrected chi connectivity index (χ2v) is 8.83. The van der Waals surface area contributed by atoms with E-state index in [4.69, 9.17) is 0 Å². The average Bonchev–Trinajstić information content (AvgIpc) is 3.21. The number of rotatable bonds is 4. The van der Waals surface area contributed by atoms with Crippen LogP contribution < -0.4 is 10.5 Å². The van der Waals surface area contributed by atoms with Gasteiger partial charge in [-0.25, -0.2) is 4.68 Å². The summed E-state index contributed by atoms with van der Waals surface area (Å²) in [5.41, 5.74) is 0.0476. The van der Waals surface area contributed by atoms with Crippen molar-refractivity contribution < 1.29 is 18.0 Å². The Morgan fingerprint density at radius 1 is 1.06 bits per heavy atom. The van der Waals surface area contributed by atoms with Crippen molar-refractivity contribution in [2.24, 2.45) is 0 Å². The first kappa shape index (κ1) is 22.1. The van der Waals surface area contributed by atoms with Gasteiger partial charge in [-0.3, -0.25) is 9.59 Å². The molecule has 6 nitrogen and oxygen atoms in total. The number of piperazine rings is 1. The fourth-order valence-corrected chi connectivity index (χ4v) is 4.42. The summed E-state index contributed by atoms with van der Waals surface area (Å²) < 4.78 is 40.1. The topological polar surface area (TPSA) is 58.4 Å². The number of nitrogens with zero attached hydrogens (tertiary/aromatic N) is 4. The van der Waals surface area contributed by atoms with E-state index in [1.54, 1.807) is 28.4 Å². The lowest BCUT2D eigenvalue weighted by Gasteiger charge is -2.36. The van der Waals surface area contributed by atoms with Gasteiger partial charge in [-0.2, -0.15) is 18.3 Å². The van der Waals surface area contributed by atoms with Gasteiger partial charge in [0, 0.05) is 42.8 Å². The largest absolute Gasteiger partial charge is 0.416 e. The second-order valence-electron chi connectivity index (χ2n) is 7.54. The molecule has 1 saturated heterocycles. The Hall–Kier alpha value is -3.14. The van der Waals surface area contributed by atoms with Crippen LogP contribution in [0, 0.1) is 6.92 Å². The van der Waals surface area contributed by atoms with E-state index in [1.165, 1.54) is 12.1 Å². The molecule has 10 heteroatoms. The molecule has 0 aliphatic carbocycles. The monoisotopic (exact) mass is 462 g/mol. The summed E-state index contributed by atoms with van der Waals surface area (Å²) in [6, 6.07) is 12.1. The number of aryl methyl sites for hydroxylation is 1. The van der Waals surface area contributed by atoms with E-state index in [1.807, 2.05) is 24.0 Å². The molecule has 1 fully saturated rings. The third kappa shape index (κ3) is 4.85. The first-order chi connectivity index (χ1) is 15.2. The molecule has 168 valence electrons. The molecule has 0 spiro atoms. The van der Waals surface area contributed by atoms with Gasteiger partial charge in [-0.15, -0.1) is 11.3 Å². The number of alkyl halides is 3. The van der Waals surface area contributed by atoms with Gasteiger partial charge in [0.25, 0.3) is 5.56 Å². The van der Waals surface area contributed by atoms with Crippen LogP contribution in [-0.2, 0) is 17.5 Å². The van der Waals surface area contributed by atoms with Crippen LogP contribution in [0.3, 0.4) is 0 Å². The number of amides is 1. The summed E-state index contributed by atoms with van der Waals surface area (Å²) in [6.07, 6.45) is -4.40. The maximum Gasteiger partial charge on any atom is 0.416 e. The number of carbonyl (C=O) groups excluding carboxylic acids is 1. The molecule has 1 aliphatic rings. The lowest BCUT2D eigenvalue weighted by Crippen LogP contribution is -2.50. The van der Waals surface area contributed by atoms with Gasteiger partial charge < -0.3 is 9.80 Å². The number of anilines is 1. The molecule has 1 aliphatic heterocycles. The van der Waals surface area contributed by atoms with Crippen molar-refractivity contribution in [2.45, 2.75) is 19.6 Å². The summed E-state index contributed by atoms with van der Waals surface area (Å²) >= 11 is 1.55. The van der Waals surface area contributed by atoms with Crippen LogP contribution in [0.5, 0.6) is 0 Å². The van der Waals surface area contributed by atoms with Crippen molar-refractivity contribution in [3.8, 4) is 10.6 Å². The van der Waals surface area contributed by atoms with E-state index >= 15 is 0 Å². The minimum absolute atomic E-state index is 0.180. The zero-order valence-electron chi connectivity index (χ0n) is 17.3. The molecule has 0 atom stereocenters. The van der Waals surface area contributed by atoms with E-state index in [0.29, 0.717) is 37.6 Å². The lowest BCUT2D eigenvalue weighted by molar-refractivity contribution is -0.137. The minimum atomic E-state index is -4.40. The minimum Gasteiger partial charge on any atom is -0.368 e. The number of thiophene rings is 1. The summed E-state index contributed by atoms with van der Waals surface area (Å²) in [5, 5.41) is 4.34. The van der Waals surface area contributed by atoms with E-state index in [0.717, 1.165) is 26.6 Å². The van der Waals surface area contributed by atoms with E-state index in [2.05, 4.69) is 5.10 Å². The van der Waals surface area contributed by atoms with Crippen LogP contribution in [0.4, 0.5) is 18.9 Å². The average molecular weight is 462 g/mol. The number of halogens is 3. The molecule has 32 heavy (non-hydrogen) atoms. The van der Waals surface area contributed by atoms with Gasteiger partial charge in [0.2, 0.25) is 5.91 Å². The molecular weight excluding hydrogens is 441 g/mol. The molecule has 3 heterocycles. The predicted octanol–water partition coefficient (Wildman–Crippen LogP) is 3.65. The van der Waals surface area contributed by atoms with Crippen molar-refractivity contribution >= 4 is 22.9 Å². The quantitative estimate of drug-likeness (QED) is 0.594. The zero-order valence-corrected chi connectivity index (χ0v) is 18.1. The van der Waals surface area contributed by atoms with Gasteiger partial charge in [0.05, 0.1) is 10.4 Å². The molecule has 0 radical (unpaired) electrons. The van der Waals surface area contributed by atoms with Gasteiger partial charge >= 0.3 is 6.18 Å². The van der Waals surface area contributed by atoms with Crippen molar-refractivity contribution in [2.75, 3.05) is 31.1 Å². The molecule has 4 rings (SSSR count). The van der Waals surface area contributed by atoms with E-state index < -0.39 is 11.7 Å². The van der Waals surface area contributed by atoms with Gasteiger partial charge in [0.1, 0.15) is 12.2 Å². The van der Waals surface area contributed by atoms with Crippen molar-refractivity contribution in [3.05, 3.63) is 69.3 Å². The van der Waals surface area contributed by atoms with E-state index in [9.17, 15) is 22.8 Å². The molecular formula is C22H21F3N4O2S. The van der Waals surface area contributed by atoms with Gasteiger partial charge in [-0.1, -0.05) is 6.07 Å². The van der Waals surface area contributed by atoms with Crippen LogP contribution in [0.1, 0.15) is 10.4 Å². The maximum absolute atomic E-state index is 13.0. The highest BCUT2D eigenvalue weighted by molar-refractivity contribution is 7.15. The molecule has 1 amide bonds. The molecule has 3 aromatic rings. The third-order valence-corrected chi connectivity index (χ3v) is 6.34. The summed E-state index contributed by atoms with van der Waals surface area (Å²) in [4.78, 5) is 30.4. The Morgan fingerprint density at radius 2 is 1.81 bits per heavy atom. The first-order valence-corrected chi connectivity index (χ1v) is 10.9. The summed E-state index contributed by atoms with van der Waals surface area (Å²) in [7, 11) is 0. The summed E-state index contributed by atoms with van der Waals surface area (Å²) in [6.45, 7) is 3.32. The third-order valence-electron chi connectivity index (χ3n) is 5.32. The maximum atomic E-state index is 13.0. The fourth-order valence-electron chi connectivity index (χ4n) is 3.59. The SMILES string of the molecule is Cc1ccc(-c2ccc(=O)n(CC(=O)N3CCN(c4cccc(C(F)(F)F)c4)CC3)n2)s1. The number of benzene rings is 1. The molecule has 0 unspecified atom stereocenters. The Morgan fingerprint density at radius 3 is 2.47 bits per heavy atom. The van der Waals surface area contributed by atoms with Crippen LogP contribution in [0.2, 0.25) is 0 Å². The number of carbonyl (C=O) groups is 1. The van der Waals surface area contributed by atoms with Gasteiger partial charge in [-0.05, 0) is 43.3 Å². The zero-order chi connectivity index (χ0) is 22.9. The summed E-state index contributed by atoms with van der Waals surface area (Å²) in [5.74, 6) is -0.247. The number of hydrogen-bond acceptors (Lipinski definition) is 5. The second kappa shape index (κ2) is 8.78. The highest BCUT2D eigenvalue weighted by atomic mass is 32.1. The Labute approximate surface area is 186 Å². The highest BCUT2D eigenvalue weighted by Crippen LogP contribution is 2.32. The lowest BCUT2D eigenvalue weighted by atomic mass is 10.1. The standard InChI is InChI=1S/C22H21F3N4O2S/c1-15-5-7-19(32-15)18-6-8-20(30)29(26-18)14-21(31)28-11-9-27(10-12-28)17-4-2-3-16(13-17)22(23,24)25/h2-8,13H,9-12,14H2,1H3. The Kier molecular flexibility index (Phi) is 6.05. The van der Waals surface area contributed by atoms with Crippen LogP contribution in [-0.4, -0.2) is 46.8 Å². The van der Waals surface area contributed by atoms with Crippen molar-refractivity contribution in [1.82, 2.24) is 14.7 Å². The van der Waals surface area contributed by atoms with Crippen LogP contribution in [0.25, 0.3) is 10.6 Å². The molecule has 1 aromatic carbocycles.